The number of hydrogen-bond acceptors (Lipinski definition) is 2. The zero-order valence-corrected chi connectivity index (χ0v) is 10.0. The fourth-order valence-electron chi connectivity index (χ4n) is 2.29. The van der Waals surface area contributed by atoms with E-state index in [0.717, 1.165) is 25.0 Å². The van der Waals surface area contributed by atoms with Crippen LogP contribution in [0.4, 0.5) is 0 Å². The van der Waals surface area contributed by atoms with Gasteiger partial charge in [-0.25, -0.2) is 0 Å². The molecule has 0 aromatic carbocycles. The molecule has 0 spiro atoms. The Morgan fingerprint density at radius 3 is 2.80 bits per heavy atom. The summed E-state index contributed by atoms with van der Waals surface area (Å²) in [7, 11) is 0. The SMILES string of the molecule is CCC1(C(=O)O)CCCN1CC(C)=CCl. The van der Waals surface area contributed by atoms with Crippen LogP contribution in [0, 0.1) is 0 Å². The van der Waals surface area contributed by atoms with Crippen molar-refractivity contribution >= 4 is 17.6 Å². The summed E-state index contributed by atoms with van der Waals surface area (Å²) in [6, 6.07) is 0. The molecule has 1 N–H and O–H groups in total. The molecule has 1 atom stereocenters. The Labute approximate surface area is 95.7 Å². The lowest BCUT2D eigenvalue weighted by atomic mass is 9.93. The van der Waals surface area contributed by atoms with E-state index in [1.165, 1.54) is 5.54 Å². The molecule has 15 heavy (non-hydrogen) atoms. The minimum Gasteiger partial charge on any atom is -0.480 e. The molecular weight excluding hydrogens is 214 g/mol. The molecule has 1 rings (SSSR count). The highest BCUT2D eigenvalue weighted by Gasteiger charge is 2.45. The average Bonchev–Trinajstić information content (AvgIpc) is 2.61. The molecule has 1 aliphatic heterocycles. The van der Waals surface area contributed by atoms with Crippen LogP contribution in [-0.4, -0.2) is 34.6 Å². The van der Waals surface area contributed by atoms with E-state index >= 15 is 0 Å². The topological polar surface area (TPSA) is 40.5 Å². The number of aliphatic carboxylic acids is 1. The van der Waals surface area contributed by atoms with Crippen molar-refractivity contribution in [2.24, 2.45) is 0 Å². The van der Waals surface area contributed by atoms with Crippen LogP contribution in [0.25, 0.3) is 0 Å². The summed E-state index contributed by atoms with van der Waals surface area (Å²) in [4.78, 5) is 13.4. The van der Waals surface area contributed by atoms with Gasteiger partial charge in [0.05, 0.1) is 0 Å². The molecule has 4 heteroatoms. The first-order valence-electron chi connectivity index (χ1n) is 5.31. The van der Waals surface area contributed by atoms with Gasteiger partial charge in [-0.05, 0) is 38.3 Å². The van der Waals surface area contributed by atoms with E-state index in [0.29, 0.717) is 13.0 Å². The second-order valence-electron chi connectivity index (χ2n) is 4.17. The molecule has 0 radical (unpaired) electrons. The number of rotatable bonds is 4. The number of carbonyl (C=O) groups is 1. The summed E-state index contributed by atoms with van der Waals surface area (Å²) in [5, 5.41) is 9.33. The van der Waals surface area contributed by atoms with Gasteiger partial charge in [-0.1, -0.05) is 18.5 Å². The second kappa shape index (κ2) is 4.99. The Hall–Kier alpha value is -0.540. The summed E-state index contributed by atoms with van der Waals surface area (Å²) in [5.41, 5.74) is 1.87. The minimum atomic E-state index is -0.704. The first kappa shape index (κ1) is 12.5. The van der Waals surface area contributed by atoms with Gasteiger partial charge >= 0.3 is 5.97 Å². The van der Waals surface area contributed by atoms with E-state index in [-0.39, 0.29) is 0 Å². The normalized spacial score (nSPS) is 28.3. The Bertz CT molecular complexity index is 278. The van der Waals surface area contributed by atoms with Crippen LogP contribution >= 0.6 is 11.6 Å². The van der Waals surface area contributed by atoms with Crippen LogP contribution < -0.4 is 0 Å². The fraction of sp³-hybridized carbons (Fsp3) is 0.727. The van der Waals surface area contributed by atoms with Gasteiger partial charge in [0.2, 0.25) is 0 Å². The molecule has 1 heterocycles. The molecule has 86 valence electrons. The highest BCUT2D eigenvalue weighted by molar-refractivity contribution is 6.25. The van der Waals surface area contributed by atoms with Gasteiger partial charge in [0.15, 0.2) is 0 Å². The van der Waals surface area contributed by atoms with Crippen LogP contribution in [-0.2, 0) is 4.79 Å². The highest BCUT2D eigenvalue weighted by Crippen LogP contribution is 2.33. The van der Waals surface area contributed by atoms with E-state index in [2.05, 4.69) is 0 Å². The van der Waals surface area contributed by atoms with Crippen LogP contribution in [0.1, 0.15) is 33.1 Å². The maximum Gasteiger partial charge on any atom is 0.324 e. The van der Waals surface area contributed by atoms with E-state index in [1.807, 2.05) is 18.7 Å². The Morgan fingerprint density at radius 1 is 1.67 bits per heavy atom. The van der Waals surface area contributed by atoms with Gasteiger partial charge in [0.1, 0.15) is 5.54 Å². The molecule has 0 aromatic heterocycles. The van der Waals surface area contributed by atoms with Crippen molar-refractivity contribution in [1.29, 1.82) is 0 Å². The van der Waals surface area contributed by atoms with E-state index in [1.54, 1.807) is 0 Å². The number of carboxylic acids is 1. The van der Waals surface area contributed by atoms with Crippen LogP contribution in [0.5, 0.6) is 0 Å². The molecule has 0 bridgehead atoms. The molecule has 0 saturated carbocycles. The quantitative estimate of drug-likeness (QED) is 0.808. The van der Waals surface area contributed by atoms with Crippen LogP contribution in [0.3, 0.4) is 0 Å². The van der Waals surface area contributed by atoms with Crippen molar-refractivity contribution in [3.8, 4) is 0 Å². The summed E-state index contributed by atoms with van der Waals surface area (Å²) in [6.07, 6.45) is 2.35. The van der Waals surface area contributed by atoms with Crippen molar-refractivity contribution < 1.29 is 9.90 Å². The van der Waals surface area contributed by atoms with Gasteiger partial charge in [-0.15, -0.1) is 0 Å². The van der Waals surface area contributed by atoms with E-state index in [9.17, 15) is 9.90 Å². The molecule has 3 nitrogen and oxygen atoms in total. The number of nitrogens with zero attached hydrogens (tertiary/aromatic N) is 1. The van der Waals surface area contributed by atoms with Crippen molar-refractivity contribution in [3.63, 3.8) is 0 Å². The molecule has 0 aliphatic carbocycles. The predicted molar refractivity (Wildman–Crippen MR) is 61.1 cm³/mol. The van der Waals surface area contributed by atoms with E-state index in [4.69, 9.17) is 11.6 Å². The largest absolute Gasteiger partial charge is 0.480 e. The van der Waals surface area contributed by atoms with Crippen molar-refractivity contribution in [2.75, 3.05) is 13.1 Å². The molecule has 0 amide bonds. The fourth-order valence-corrected chi connectivity index (χ4v) is 2.36. The van der Waals surface area contributed by atoms with Crippen molar-refractivity contribution in [2.45, 2.75) is 38.6 Å². The van der Waals surface area contributed by atoms with Gasteiger partial charge < -0.3 is 5.11 Å². The van der Waals surface area contributed by atoms with Crippen LogP contribution in [0.2, 0.25) is 0 Å². The van der Waals surface area contributed by atoms with Crippen molar-refractivity contribution in [1.82, 2.24) is 4.90 Å². The maximum atomic E-state index is 11.3. The number of carboxylic acid groups (broad SMARTS) is 1. The first-order valence-corrected chi connectivity index (χ1v) is 5.74. The Morgan fingerprint density at radius 2 is 2.33 bits per heavy atom. The summed E-state index contributed by atoms with van der Waals surface area (Å²) in [5.74, 6) is -0.704. The third-order valence-electron chi connectivity index (χ3n) is 3.23. The third kappa shape index (κ3) is 2.34. The zero-order valence-electron chi connectivity index (χ0n) is 9.29. The predicted octanol–water partition coefficient (Wildman–Crippen LogP) is 2.46. The third-order valence-corrected chi connectivity index (χ3v) is 3.61. The lowest BCUT2D eigenvalue weighted by Crippen LogP contribution is -2.50. The summed E-state index contributed by atoms with van der Waals surface area (Å²) >= 11 is 5.61. The average molecular weight is 232 g/mol. The molecule has 1 aliphatic rings. The van der Waals surface area contributed by atoms with Gasteiger partial charge in [-0.3, -0.25) is 9.69 Å². The van der Waals surface area contributed by atoms with Gasteiger partial charge in [0, 0.05) is 12.1 Å². The first-order chi connectivity index (χ1) is 7.06. The van der Waals surface area contributed by atoms with Gasteiger partial charge in [0.25, 0.3) is 0 Å². The molecule has 0 aromatic rings. The molecular formula is C11H18ClNO2. The number of likely N-dealkylation sites (tertiary alicyclic amines) is 1. The summed E-state index contributed by atoms with van der Waals surface area (Å²) in [6.45, 7) is 5.37. The number of hydrogen-bond donors (Lipinski definition) is 1. The second-order valence-corrected chi connectivity index (χ2v) is 4.39. The standard InChI is InChI=1S/C11H18ClNO2/c1-3-11(10(14)15)5-4-6-13(11)8-9(2)7-12/h7H,3-6,8H2,1-2H3,(H,14,15). The van der Waals surface area contributed by atoms with Crippen molar-refractivity contribution in [3.05, 3.63) is 11.1 Å². The molecule has 1 fully saturated rings. The highest BCUT2D eigenvalue weighted by atomic mass is 35.5. The molecule has 1 saturated heterocycles. The summed E-state index contributed by atoms with van der Waals surface area (Å²) < 4.78 is 0. The van der Waals surface area contributed by atoms with E-state index < -0.39 is 11.5 Å². The smallest absolute Gasteiger partial charge is 0.324 e. The maximum absolute atomic E-state index is 11.3. The Kier molecular flexibility index (Phi) is 4.17. The van der Waals surface area contributed by atoms with Crippen LogP contribution in [0.15, 0.2) is 11.1 Å². The van der Waals surface area contributed by atoms with Gasteiger partial charge in [-0.2, -0.15) is 0 Å². The zero-order chi connectivity index (χ0) is 11.5. The monoisotopic (exact) mass is 231 g/mol. The Balaban J connectivity index is 2.83. The lowest BCUT2D eigenvalue weighted by Gasteiger charge is -2.33. The molecule has 1 unspecified atom stereocenters. The minimum absolute atomic E-state index is 0.651. The number of halogens is 1. The lowest BCUT2D eigenvalue weighted by molar-refractivity contribution is -0.149.